The van der Waals surface area contributed by atoms with E-state index in [2.05, 4.69) is 32.1 Å². The molecule has 1 fully saturated rings. The highest BCUT2D eigenvalue weighted by atomic mass is 16.2. The highest BCUT2D eigenvalue weighted by molar-refractivity contribution is 5.93. The molecule has 0 spiro atoms. The molecule has 0 radical (unpaired) electrons. The van der Waals surface area contributed by atoms with Crippen LogP contribution in [0.15, 0.2) is 73.4 Å². The fourth-order valence-electron chi connectivity index (χ4n) is 4.44. The molecule has 176 valence electrons. The van der Waals surface area contributed by atoms with Gasteiger partial charge in [-0.2, -0.15) is 0 Å². The Bertz CT molecular complexity index is 1310. The largest absolute Gasteiger partial charge is 0.347 e. The molecule has 1 aliphatic heterocycles. The number of nitrogens with zero attached hydrogens (tertiary/aromatic N) is 7. The third kappa shape index (κ3) is 4.87. The molecule has 0 bridgehead atoms. The van der Waals surface area contributed by atoms with Crippen molar-refractivity contribution in [3.8, 4) is 22.4 Å². The topological polar surface area (TPSA) is 88.0 Å². The zero-order chi connectivity index (χ0) is 24.2. The van der Waals surface area contributed by atoms with Crippen molar-refractivity contribution >= 4 is 11.9 Å². The minimum Gasteiger partial charge on any atom is -0.347 e. The summed E-state index contributed by atoms with van der Waals surface area (Å²) in [6.07, 6.45) is 8.64. The maximum Gasteiger partial charge on any atom is 0.272 e. The average molecular weight is 466 g/mol. The maximum absolute atomic E-state index is 13.5. The van der Waals surface area contributed by atoms with Gasteiger partial charge in [-0.15, -0.1) is 0 Å². The first kappa shape index (κ1) is 22.6. The van der Waals surface area contributed by atoms with Crippen LogP contribution in [-0.4, -0.2) is 62.9 Å². The number of carbonyl (C=O) groups excluding carboxylic acids is 1. The Kier molecular flexibility index (Phi) is 6.43. The van der Waals surface area contributed by atoms with Crippen LogP contribution < -0.4 is 4.90 Å². The summed E-state index contributed by atoms with van der Waals surface area (Å²) in [6.45, 7) is 1.28. The fourth-order valence-corrected chi connectivity index (χ4v) is 4.44. The molecule has 0 N–H and O–H groups in total. The van der Waals surface area contributed by atoms with Crippen LogP contribution in [0.5, 0.6) is 0 Å². The van der Waals surface area contributed by atoms with Crippen molar-refractivity contribution in [1.29, 1.82) is 0 Å². The van der Waals surface area contributed by atoms with E-state index in [1.165, 1.54) is 6.33 Å². The molecule has 1 aliphatic rings. The molecule has 0 saturated carbocycles. The average Bonchev–Trinajstić information content (AvgIpc) is 2.93. The molecular formula is C27H27N7O. The maximum atomic E-state index is 13.5. The lowest BCUT2D eigenvalue weighted by Gasteiger charge is -2.33. The summed E-state index contributed by atoms with van der Waals surface area (Å²) in [7, 11) is 3.88. The first-order chi connectivity index (χ1) is 17.1. The monoisotopic (exact) mass is 465 g/mol. The number of hydrogen-bond acceptors (Lipinski definition) is 7. The van der Waals surface area contributed by atoms with Gasteiger partial charge in [0, 0.05) is 62.8 Å². The minimum atomic E-state index is -0.0726. The number of piperidine rings is 1. The molecule has 4 heterocycles. The number of benzene rings is 1. The number of rotatable bonds is 5. The Morgan fingerprint density at radius 2 is 1.74 bits per heavy atom. The Labute approximate surface area is 204 Å². The molecule has 1 atom stereocenters. The van der Waals surface area contributed by atoms with Gasteiger partial charge >= 0.3 is 0 Å². The Morgan fingerprint density at radius 1 is 0.943 bits per heavy atom. The summed E-state index contributed by atoms with van der Waals surface area (Å²) >= 11 is 0. The van der Waals surface area contributed by atoms with Gasteiger partial charge in [-0.25, -0.2) is 24.9 Å². The van der Waals surface area contributed by atoms with Gasteiger partial charge in [0.05, 0.1) is 11.4 Å². The molecule has 4 aromatic rings. The summed E-state index contributed by atoms with van der Waals surface area (Å²) < 4.78 is 0. The lowest BCUT2D eigenvalue weighted by molar-refractivity contribution is 0.0700. The summed E-state index contributed by atoms with van der Waals surface area (Å²) in [5.74, 6) is 0.703. The van der Waals surface area contributed by atoms with E-state index in [0.717, 1.165) is 35.2 Å². The van der Waals surface area contributed by atoms with Crippen molar-refractivity contribution in [2.75, 3.05) is 32.1 Å². The normalized spacial score (nSPS) is 15.6. The number of aromatic nitrogens is 5. The van der Waals surface area contributed by atoms with Crippen LogP contribution in [0, 0.1) is 0 Å². The number of carbonyl (C=O) groups is 1. The van der Waals surface area contributed by atoms with Gasteiger partial charge in [0.25, 0.3) is 5.91 Å². The van der Waals surface area contributed by atoms with Gasteiger partial charge in [0.2, 0.25) is 5.95 Å². The first-order valence-corrected chi connectivity index (χ1v) is 11.7. The van der Waals surface area contributed by atoms with E-state index >= 15 is 0 Å². The molecule has 8 nitrogen and oxygen atoms in total. The van der Waals surface area contributed by atoms with Crippen molar-refractivity contribution in [3.05, 3.63) is 84.8 Å². The van der Waals surface area contributed by atoms with Gasteiger partial charge < -0.3 is 9.80 Å². The van der Waals surface area contributed by atoms with E-state index in [-0.39, 0.29) is 11.8 Å². The van der Waals surface area contributed by atoms with Gasteiger partial charge in [-0.1, -0.05) is 36.4 Å². The van der Waals surface area contributed by atoms with Gasteiger partial charge in [0.1, 0.15) is 12.0 Å². The number of likely N-dealkylation sites (tertiary alicyclic amines) is 1. The molecule has 8 heteroatoms. The first-order valence-electron chi connectivity index (χ1n) is 11.7. The summed E-state index contributed by atoms with van der Waals surface area (Å²) in [6, 6.07) is 15.7. The van der Waals surface area contributed by atoms with Crippen LogP contribution >= 0.6 is 0 Å². The number of hydrogen-bond donors (Lipinski definition) is 0. The second kappa shape index (κ2) is 9.97. The Balaban J connectivity index is 1.44. The lowest BCUT2D eigenvalue weighted by Crippen LogP contribution is -2.40. The predicted molar refractivity (Wildman–Crippen MR) is 135 cm³/mol. The molecule has 1 saturated heterocycles. The van der Waals surface area contributed by atoms with Crippen LogP contribution in [0.4, 0.5) is 5.95 Å². The summed E-state index contributed by atoms with van der Waals surface area (Å²) in [5, 5.41) is 0. The van der Waals surface area contributed by atoms with Crippen LogP contribution in [0.2, 0.25) is 0 Å². The van der Waals surface area contributed by atoms with Gasteiger partial charge in [-0.05, 0) is 30.5 Å². The van der Waals surface area contributed by atoms with Crippen LogP contribution in [0.3, 0.4) is 0 Å². The van der Waals surface area contributed by atoms with Crippen molar-refractivity contribution in [3.63, 3.8) is 0 Å². The standard InChI is InChI=1S/C27H27N7O/c1-33(2)27-30-16-22(19-8-4-3-5-9-19)25(32-27)20-10-7-13-34(17-20)26(35)24-12-6-11-23(31-24)21-14-28-18-29-15-21/h3-6,8-9,11-12,14-16,18,20H,7,10,13,17H2,1-2H3/t20-/m1/s1. The SMILES string of the molecule is CN(C)c1ncc(-c2ccccc2)c([C@@H]2CCCN(C(=O)c3cccc(-c4cncnc4)n3)C2)n1. The van der Waals surface area contributed by atoms with Crippen LogP contribution in [0.25, 0.3) is 22.4 Å². The third-order valence-electron chi connectivity index (χ3n) is 6.21. The van der Waals surface area contributed by atoms with E-state index in [1.54, 1.807) is 18.5 Å². The van der Waals surface area contributed by atoms with E-state index in [4.69, 9.17) is 4.98 Å². The van der Waals surface area contributed by atoms with Crippen molar-refractivity contribution in [1.82, 2.24) is 29.8 Å². The van der Waals surface area contributed by atoms with Crippen molar-refractivity contribution < 1.29 is 4.79 Å². The third-order valence-corrected chi connectivity index (χ3v) is 6.21. The minimum absolute atomic E-state index is 0.0726. The molecule has 0 unspecified atom stereocenters. The highest BCUT2D eigenvalue weighted by Crippen LogP contribution is 2.34. The quantitative estimate of drug-likeness (QED) is 0.439. The smallest absolute Gasteiger partial charge is 0.272 e. The van der Waals surface area contributed by atoms with E-state index in [1.807, 2.05) is 60.4 Å². The molecule has 3 aromatic heterocycles. The summed E-state index contributed by atoms with van der Waals surface area (Å²) in [4.78, 5) is 39.5. The molecular weight excluding hydrogens is 438 g/mol. The van der Waals surface area contributed by atoms with E-state index in [0.29, 0.717) is 30.4 Å². The Morgan fingerprint density at radius 3 is 2.51 bits per heavy atom. The van der Waals surface area contributed by atoms with Gasteiger partial charge in [0.15, 0.2) is 0 Å². The number of pyridine rings is 1. The number of anilines is 1. The summed E-state index contributed by atoms with van der Waals surface area (Å²) in [5.41, 5.74) is 4.96. The van der Waals surface area contributed by atoms with E-state index < -0.39 is 0 Å². The Hall–Kier alpha value is -4.20. The molecule has 1 amide bonds. The van der Waals surface area contributed by atoms with Crippen LogP contribution in [0.1, 0.15) is 34.9 Å². The lowest BCUT2D eigenvalue weighted by atomic mass is 9.89. The van der Waals surface area contributed by atoms with Crippen molar-refractivity contribution in [2.24, 2.45) is 0 Å². The highest BCUT2D eigenvalue weighted by Gasteiger charge is 2.29. The molecule has 35 heavy (non-hydrogen) atoms. The number of amides is 1. The van der Waals surface area contributed by atoms with Crippen LogP contribution in [-0.2, 0) is 0 Å². The second-order valence-corrected chi connectivity index (χ2v) is 8.85. The molecule has 5 rings (SSSR count). The van der Waals surface area contributed by atoms with Gasteiger partial charge in [-0.3, -0.25) is 4.79 Å². The predicted octanol–water partition coefficient (Wildman–Crippen LogP) is 4.08. The second-order valence-electron chi connectivity index (χ2n) is 8.85. The van der Waals surface area contributed by atoms with E-state index in [9.17, 15) is 4.79 Å². The molecule has 1 aromatic carbocycles. The zero-order valence-electron chi connectivity index (χ0n) is 19.9. The van der Waals surface area contributed by atoms with Crippen molar-refractivity contribution in [2.45, 2.75) is 18.8 Å². The fraction of sp³-hybridized carbons (Fsp3) is 0.259. The molecule has 0 aliphatic carbocycles. The zero-order valence-corrected chi connectivity index (χ0v) is 19.9.